The van der Waals surface area contributed by atoms with E-state index in [1.807, 2.05) is 53.9 Å². The van der Waals surface area contributed by atoms with Gasteiger partial charge in [0, 0.05) is 27.4 Å². The highest BCUT2D eigenvalue weighted by Gasteiger charge is 2.11. The molecule has 2 aromatic heterocycles. The Balaban J connectivity index is 1.87. The van der Waals surface area contributed by atoms with Gasteiger partial charge in [-0.2, -0.15) is 5.10 Å². The van der Waals surface area contributed by atoms with Gasteiger partial charge in [-0.05, 0) is 49.4 Å². The predicted molar refractivity (Wildman–Crippen MR) is 103 cm³/mol. The van der Waals surface area contributed by atoms with Crippen LogP contribution < -0.4 is 4.74 Å². The van der Waals surface area contributed by atoms with Gasteiger partial charge in [-0.25, -0.2) is 9.50 Å². The Morgan fingerprint density at radius 3 is 2.28 bits per heavy atom. The van der Waals surface area contributed by atoms with Gasteiger partial charge in [0.25, 0.3) is 0 Å². The lowest BCUT2D eigenvalue weighted by Gasteiger charge is -2.06. The van der Waals surface area contributed by atoms with E-state index in [2.05, 4.69) is 39.1 Å². The third-order valence-electron chi connectivity index (χ3n) is 4.08. The number of ether oxygens (including phenoxy) is 1. The van der Waals surface area contributed by atoms with Crippen molar-refractivity contribution in [3.63, 3.8) is 0 Å². The van der Waals surface area contributed by atoms with E-state index in [1.165, 1.54) is 0 Å². The van der Waals surface area contributed by atoms with Gasteiger partial charge in [0.1, 0.15) is 5.75 Å². The summed E-state index contributed by atoms with van der Waals surface area (Å²) in [6.07, 6.45) is 0. The molecule has 0 saturated heterocycles. The Bertz CT molecular complexity index is 1040. The van der Waals surface area contributed by atoms with Crippen molar-refractivity contribution in [3.8, 4) is 28.3 Å². The average molecular weight is 394 g/mol. The van der Waals surface area contributed by atoms with Crippen LogP contribution in [0.3, 0.4) is 0 Å². The molecule has 4 aromatic rings. The average Bonchev–Trinajstić information content (AvgIpc) is 3.05. The third kappa shape index (κ3) is 3.03. The molecule has 0 unspecified atom stereocenters. The molecule has 5 heteroatoms. The van der Waals surface area contributed by atoms with E-state index in [9.17, 15) is 0 Å². The smallest absolute Gasteiger partial charge is 0.156 e. The van der Waals surface area contributed by atoms with Gasteiger partial charge in [-0.15, -0.1) is 0 Å². The highest BCUT2D eigenvalue weighted by molar-refractivity contribution is 9.10. The Labute approximate surface area is 154 Å². The van der Waals surface area contributed by atoms with Gasteiger partial charge in [0.2, 0.25) is 0 Å². The summed E-state index contributed by atoms with van der Waals surface area (Å²) in [5.74, 6) is 0.831. The molecule has 0 fully saturated rings. The van der Waals surface area contributed by atoms with Crippen LogP contribution in [-0.4, -0.2) is 21.7 Å². The summed E-state index contributed by atoms with van der Waals surface area (Å²) in [5.41, 5.74) is 5.85. The maximum atomic E-state index is 5.22. The molecule has 2 heterocycles. The number of aromatic nitrogens is 3. The molecule has 25 heavy (non-hydrogen) atoms. The maximum absolute atomic E-state index is 5.22. The molecule has 0 bridgehead atoms. The second kappa shape index (κ2) is 6.33. The molecule has 0 spiro atoms. The summed E-state index contributed by atoms with van der Waals surface area (Å²) in [5, 5.41) is 4.78. The molecule has 124 valence electrons. The molecule has 0 aliphatic rings. The summed E-state index contributed by atoms with van der Waals surface area (Å²) in [6, 6.07) is 20.2. The van der Waals surface area contributed by atoms with E-state index in [0.29, 0.717) is 0 Å². The molecular formula is C20H16BrN3O. The minimum Gasteiger partial charge on any atom is -0.497 e. The zero-order valence-corrected chi connectivity index (χ0v) is 15.5. The molecule has 0 N–H and O–H groups in total. The minimum absolute atomic E-state index is 0.831. The number of hydrogen-bond donors (Lipinski definition) is 0. The number of rotatable bonds is 3. The summed E-state index contributed by atoms with van der Waals surface area (Å²) in [7, 11) is 1.66. The lowest BCUT2D eigenvalue weighted by molar-refractivity contribution is 0.415. The van der Waals surface area contributed by atoms with Crippen molar-refractivity contribution in [2.45, 2.75) is 6.92 Å². The molecule has 2 aromatic carbocycles. The second-order valence-corrected chi connectivity index (χ2v) is 6.73. The van der Waals surface area contributed by atoms with Crippen LogP contribution in [0.25, 0.3) is 28.2 Å². The fourth-order valence-corrected chi connectivity index (χ4v) is 3.09. The first-order chi connectivity index (χ1) is 12.1. The summed E-state index contributed by atoms with van der Waals surface area (Å²) >= 11 is 3.48. The van der Waals surface area contributed by atoms with E-state index in [-0.39, 0.29) is 0 Å². The standard InChI is InChI=1S/C20H16BrN3O/c1-13-11-19(15-3-7-16(21)8-4-15)24-20(22-13)12-18(23-24)14-5-9-17(25-2)10-6-14/h3-12H,1-2H3. The lowest BCUT2D eigenvalue weighted by atomic mass is 10.1. The van der Waals surface area contributed by atoms with Crippen molar-refractivity contribution in [2.75, 3.05) is 7.11 Å². The van der Waals surface area contributed by atoms with Gasteiger partial charge in [-0.3, -0.25) is 0 Å². The molecule has 4 rings (SSSR count). The van der Waals surface area contributed by atoms with E-state index in [1.54, 1.807) is 7.11 Å². The molecule has 0 radical (unpaired) electrons. The number of fused-ring (bicyclic) bond motifs is 1. The Kier molecular flexibility index (Phi) is 4.01. The fraction of sp³-hybridized carbons (Fsp3) is 0.100. The Hall–Kier alpha value is -2.66. The molecular weight excluding hydrogens is 378 g/mol. The van der Waals surface area contributed by atoms with Crippen molar-refractivity contribution < 1.29 is 4.74 Å². The molecule has 0 atom stereocenters. The number of benzene rings is 2. The van der Waals surface area contributed by atoms with Crippen LogP contribution in [0.1, 0.15) is 5.69 Å². The van der Waals surface area contributed by atoms with Gasteiger partial charge in [0.05, 0.1) is 18.5 Å². The molecule has 0 amide bonds. The summed E-state index contributed by atoms with van der Waals surface area (Å²) in [4.78, 5) is 4.63. The van der Waals surface area contributed by atoms with Crippen molar-refractivity contribution in [2.24, 2.45) is 0 Å². The van der Waals surface area contributed by atoms with Crippen molar-refractivity contribution in [3.05, 3.63) is 70.8 Å². The second-order valence-electron chi connectivity index (χ2n) is 5.82. The zero-order chi connectivity index (χ0) is 17.4. The third-order valence-corrected chi connectivity index (χ3v) is 4.61. The first-order valence-corrected chi connectivity index (χ1v) is 8.71. The maximum Gasteiger partial charge on any atom is 0.156 e. The van der Waals surface area contributed by atoms with E-state index >= 15 is 0 Å². The van der Waals surface area contributed by atoms with Crippen molar-refractivity contribution >= 4 is 21.6 Å². The topological polar surface area (TPSA) is 39.4 Å². The van der Waals surface area contributed by atoms with E-state index in [4.69, 9.17) is 9.84 Å². The largest absolute Gasteiger partial charge is 0.497 e. The van der Waals surface area contributed by atoms with Crippen LogP contribution in [0.4, 0.5) is 0 Å². The molecule has 4 nitrogen and oxygen atoms in total. The van der Waals surface area contributed by atoms with Gasteiger partial charge >= 0.3 is 0 Å². The van der Waals surface area contributed by atoms with E-state index in [0.717, 1.165) is 44.1 Å². The number of methoxy groups -OCH3 is 1. The van der Waals surface area contributed by atoms with Gasteiger partial charge in [0.15, 0.2) is 5.65 Å². The van der Waals surface area contributed by atoms with Crippen LogP contribution in [0.2, 0.25) is 0 Å². The van der Waals surface area contributed by atoms with Crippen LogP contribution in [0.15, 0.2) is 65.1 Å². The van der Waals surface area contributed by atoms with Crippen molar-refractivity contribution in [1.82, 2.24) is 14.6 Å². The van der Waals surface area contributed by atoms with Crippen LogP contribution >= 0.6 is 15.9 Å². The number of aryl methyl sites for hydroxylation is 1. The Morgan fingerprint density at radius 2 is 1.60 bits per heavy atom. The molecule has 0 aliphatic heterocycles. The quantitative estimate of drug-likeness (QED) is 0.483. The predicted octanol–water partition coefficient (Wildman–Crippen LogP) is 5.14. The van der Waals surface area contributed by atoms with Crippen LogP contribution in [0, 0.1) is 6.92 Å². The Morgan fingerprint density at radius 1 is 0.920 bits per heavy atom. The number of halogens is 1. The molecule has 0 aliphatic carbocycles. The van der Waals surface area contributed by atoms with Crippen LogP contribution in [0.5, 0.6) is 5.75 Å². The first-order valence-electron chi connectivity index (χ1n) is 7.92. The summed E-state index contributed by atoms with van der Waals surface area (Å²) < 4.78 is 8.18. The zero-order valence-electron chi connectivity index (χ0n) is 13.9. The monoisotopic (exact) mass is 393 g/mol. The normalized spacial score (nSPS) is 11.0. The fourth-order valence-electron chi connectivity index (χ4n) is 2.83. The SMILES string of the molecule is COc1ccc(-c2cc3nc(C)cc(-c4ccc(Br)cc4)n3n2)cc1. The highest BCUT2D eigenvalue weighted by Crippen LogP contribution is 2.27. The highest BCUT2D eigenvalue weighted by atomic mass is 79.9. The number of nitrogens with zero attached hydrogens (tertiary/aromatic N) is 3. The van der Waals surface area contributed by atoms with Gasteiger partial charge in [-0.1, -0.05) is 28.1 Å². The lowest BCUT2D eigenvalue weighted by Crippen LogP contribution is -1.98. The first kappa shape index (κ1) is 15.8. The van der Waals surface area contributed by atoms with E-state index < -0.39 is 0 Å². The van der Waals surface area contributed by atoms with Gasteiger partial charge < -0.3 is 4.74 Å². The van der Waals surface area contributed by atoms with Crippen LogP contribution in [-0.2, 0) is 0 Å². The molecule has 0 saturated carbocycles. The minimum atomic E-state index is 0.831. The number of hydrogen-bond acceptors (Lipinski definition) is 3. The summed E-state index contributed by atoms with van der Waals surface area (Å²) in [6.45, 7) is 2.00. The van der Waals surface area contributed by atoms with Crippen molar-refractivity contribution in [1.29, 1.82) is 0 Å².